The van der Waals surface area contributed by atoms with Crippen LogP contribution < -0.4 is 0 Å². The lowest BCUT2D eigenvalue weighted by molar-refractivity contribution is -0.139. The van der Waals surface area contributed by atoms with Crippen molar-refractivity contribution in [2.45, 2.75) is 26.7 Å². The molecule has 3 heteroatoms. The second-order valence-corrected chi connectivity index (χ2v) is 4.20. The molecule has 0 unspecified atom stereocenters. The predicted molar refractivity (Wildman–Crippen MR) is 82.2 cm³/mol. The molecule has 3 nitrogen and oxygen atoms in total. The molecule has 0 aliphatic carbocycles. The summed E-state index contributed by atoms with van der Waals surface area (Å²) in [7, 11) is 0. The van der Waals surface area contributed by atoms with Crippen LogP contribution in [0.4, 0.5) is 0 Å². The average Bonchev–Trinajstić information content (AvgIpc) is 2.43. The van der Waals surface area contributed by atoms with Gasteiger partial charge in [0.1, 0.15) is 0 Å². The lowest BCUT2D eigenvalue weighted by Gasteiger charge is -2.02. The molecule has 0 N–H and O–H groups in total. The summed E-state index contributed by atoms with van der Waals surface area (Å²) in [5.74, 6) is -0.415. The molecular weight excluding hydrogens is 252 g/mol. The van der Waals surface area contributed by atoms with Crippen molar-refractivity contribution in [1.29, 1.82) is 0 Å². The van der Waals surface area contributed by atoms with Gasteiger partial charge in [0.2, 0.25) is 0 Å². The van der Waals surface area contributed by atoms with Gasteiger partial charge in [-0.25, -0.2) is 4.79 Å². The molecule has 0 aliphatic rings. The molecule has 108 valence electrons. The largest absolute Gasteiger partial charge is 0.462 e. The number of allylic oxidation sites excluding steroid dienone is 7. The maximum absolute atomic E-state index is 11.6. The fraction of sp³-hybridized carbons (Fsp3) is 0.294. The molecule has 0 aromatic heterocycles. The minimum Gasteiger partial charge on any atom is -0.462 e. The van der Waals surface area contributed by atoms with E-state index in [-0.39, 0.29) is 12.4 Å². The first kappa shape index (κ1) is 17.8. The fourth-order valence-corrected chi connectivity index (χ4v) is 1.23. The van der Waals surface area contributed by atoms with Crippen molar-refractivity contribution >= 4 is 11.8 Å². The Labute approximate surface area is 121 Å². The molecule has 0 aliphatic heterocycles. The molecule has 0 radical (unpaired) electrons. The van der Waals surface area contributed by atoms with Crippen molar-refractivity contribution in [2.75, 3.05) is 6.61 Å². The molecule has 0 saturated carbocycles. The number of ketones is 1. The molecule has 0 aromatic carbocycles. The lowest BCUT2D eigenvalue weighted by Crippen LogP contribution is -2.07. The van der Waals surface area contributed by atoms with Gasteiger partial charge in [-0.3, -0.25) is 4.79 Å². The molecule has 0 heterocycles. The summed E-state index contributed by atoms with van der Waals surface area (Å²) >= 11 is 0. The number of carbonyl (C=O) groups excluding carboxylic acids is 2. The summed E-state index contributed by atoms with van der Waals surface area (Å²) in [6, 6.07) is 0. The maximum atomic E-state index is 11.6. The molecule has 0 rings (SSSR count). The first-order valence-corrected chi connectivity index (χ1v) is 6.50. The van der Waals surface area contributed by atoms with Crippen LogP contribution in [-0.4, -0.2) is 18.4 Å². The number of rotatable bonds is 9. The summed E-state index contributed by atoms with van der Waals surface area (Å²) < 4.78 is 4.91. The second-order valence-electron chi connectivity index (χ2n) is 4.20. The molecular formula is C17H22O3. The highest BCUT2D eigenvalue weighted by Crippen LogP contribution is 2.02. The Morgan fingerprint density at radius 2 is 1.90 bits per heavy atom. The number of hydrogen-bond donors (Lipinski definition) is 0. The van der Waals surface area contributed by atoms with E-state index in [1.807, 2.05) is 19.1 Å². The van der Waals surface area contributed by atoms with Crippen molar-refractivity contribution in [1.82, 2.24) is 0 Å². The number of esters is 1. The SMILES string of the molecule is C=C\C=C/C(/C=C/C(=O)CCCOC(=O)C(=C)C)=C\C. The van der Waals surface area contributed by atoms with Gasteiger partial charge in [-0.15, -0.1) is 0 Å². The molecule has 0 spiro atoms. The van der Waals surface area contributed by atoms with Crippen LogP contribution in [0.5, 0.6) is 0 Å². The molecule has 0 amide bonds. The number of ether oxygens (including phenoxy) is 1. The van der Waals surface area contributed by atoms with Gasteiger partial charge in [-0.05, 0) is 31.9 Å². The normalized spacial score (nSPS) is 11.8. The van der Waals surface area contributed by atoms with E-state index in [0.29, 0.717) is 18.4 Å². The molecule has 0 saturated heterocycles. The zero-order valence-electron chi connectivity index (χ0n) is 12.2. The Balaban J connectivity index is 4.05. The molecule has 0 bridgehead atoms. The monoisotopic (exact) mass is 274 g/mol. The Morgan fingerprint density at radius 3 is 2.45 bits per heavy atom. The summed E-state index contributed by atoms with van der Waals surface area (Å²) in [5.41, 5.74) is 1.30. The van der Waals surface area contributed by atoms with Crippen LogP contribution in [0.15, 0.2) is 60.8 Å². The minimum absolute atomic E-state index is 0.00253. The zero-order valence-corrected chi connectivity index (χ0v) is 12.2. The van der Waals surface area contributed by atoms with Crippen LogP contribution in [0.25, 0.3) is 0 Å². The van der Waals surface area contributed by atoms with Crippen molar-refractivity contribution in [3.8, 4) is 0 Å². The highest BCUT2D eigenvalue weighted by atomic mass is 16.5. The van der Waals surface area contributed by atoms with Crippen molar-refractivity contribution < 1.29 is 14.3 Å². The standard InChI is InChI=1S/C17H22O3/c1-5-7-9-15(6-2)11-12-16(18)10-8-13-20-17(19)14(3)4/h5-7,9,11-12H,1,3,8,10,13H2,2,4H3/b9-7-,12-11+,15-6+. The van der Waals surface area contributed by atoms with Crippen molar-refractivity contribution in [2.24, 2.45) is 0 Å². The summed E-state index contributed by atoms with van der Waals surface area (Å²) in [6.45, 7) is 10.8. The highest BCUT2D eigenvalue weighted by molar-refractivity contribution is 5.90. The summed E-state index contributed by atoms with van der Waals surface area (Å²) in [4.78, 5) is 22.7. The second kappa shape index (κ2) is 10.7. The molecule has 0 fully saturated rings. The van der Waals surface area contributed by atoms with Crippen LogP contribution in [0.2, 0.25) is 0 Å². The first-order valence-electron chi connectivity index (χ1n) is 6.50. The quantitative estimate of drug-likeness (QED) is 0.279. The van der Waals surface area contributed by atoms with E-state index in [1.54, 1.807) is 25.2 Å². The van der Waals surface area contributed by atoms with Crippen LogP contribution in [0.1, 0.15) is 26.7 Å². The van der Waals surface area contributed by atoms with E-state index in [4.69, 9.17) is 4.74 Å². The van der Waals surface area contributed by atoms with Crippen LogP contribution in [-0.2, 0) is 14.3 Å². The van der Waals surface area contributed by atoms with E-state index < -0.39 is 5.97 Å². The van der Waals surface area contributed by atoms with Gasteiger partial charge < -0.3 is 4.74 Å². The van der Waals surface area contributed by atoms with Gasteiger partial charge in [0.05, 0.1) is 6.61 Å². The average molecular weight is 274 g/mol. The van der Waals surface area contributed by atoms with E-state index in [9.17, 15) is 9.59 Å². The summed E-state index contributed by atoms with van der Waals surface area (Å²) in [6.07, 6.45) is 11.4. The third kappa shape index (κ3) is 8.86. The van der Waals surface area contributed by atoms with Crippen LogP contribution in [0.3, 0.4) is 0 Å². The van der Waals surface area contributed by atoms with Gasteiger partial charge in [-0.1, -0.05) is 43.5 Å². The Bertz CT molecular complexity index is 451. The first-order chi connectivity index (χ1) is 9.51. The van der Waals surface area contributed by atoms with Crippen LogP contribution >= 0.6 is 0 Å². The fourth-order valence-electron chi connectivity index (χ4n) is 1.23. The van der Waals surface area contributed by atoms with Crippen LogP contribution in [0, 0.1) is 0 Å². The van der Waals surface area contributed by atoms with Gasteiger partial charge in [-0.2, -0.15) is 0 Å². The van der Waals surface area contributed by atoms with Crippen molar-refractivity contribution in [3.63, 3.8) is 0 Å². The lowest BCUT2D eigenvalue weighted by atomic mass is 10.1. The smallest absolute Gasteiger partial charge is 0.333 e. The van der Waals surface area contributed by atoms with Gasteiger partial charge in [0, 0.05) is 12.0 Å². The van der Waals surface area contributed by atoms with E-state index in [1.165, 1.54) is 6.08 Å². The van der Waals surface area contributed by atoms with Gasteiger partial charge >= 0.3 is 5.97 Å². The Kier molecular flexibility index (Phi) is 9.57. The molecule has 0 aromatic rings. The van der Waals surface area contributed by atoms with Gasteiger partial charge in [0.15, 0.2) is 5.78 Å². The highest BCUT2D eigenvalue weighted by Gasteiger charge is 2.03. The third-order valence-corrected chi connectivity index (χ3v) is 2.37. The number of carbonyl (C=O) groups is 2. The summed E-state index contributed by atoms with van der Waals surface area (Å²) in [5, 5.41) is 0. The van der Waals surface area contributed by atoms with E-state index >= 15 is 0 Å². The van der Waals surface area contributed by atoms with E-state index in [2.05, 4.69) is 13.2 Å². The topological polar surface area (TPSA) is 43.4 Å². The minimum atomic E-state index is -0.418. The Morgan fingerprint density at radius 1 is 1.20 bits per heavy atom. The molecule has 20 heavy (non-hydrogen) atoms. The van der Waals surface area contributed by atoms with E-state index in [0.717, 1.165) is 5.57 Å². The third-order valence-electron chi connectivity index (χ3n) is 2.37. The molecule has 0 atom stereocenters. The maximum Gasteiger partial charge on any atom is 0.333 e. The zero-order chi connectivity index (χ0) is 15.4. The van der Waals surface area contributed by atoms with Gasteiger partial charge in [0.25, 0.3) is 0 Å². The number of hydrogen-bond acceptors (Lipinski definition) is 3. The van der Waals surface area contributed by atoms with Crippen molar-refractivity contribution in [3.05, 3.63) is 60.8 Å². The predicted octanol–water partition coefficient (Wildman–Crippen LogP) is 3.70. The Hall–Kier alpha value is -2.16.